The Balaban J connectivity index is 0.924. The lowest BCUT2D eigenvalue weighted by atomic mass is 9.63. The molecule has 1 aromatic heterocycles. The van der Waals surface area contributed by atoms with Gasteiger partial charge >= 0.3 is 0 Å². The van der Waals surface area contributed by atoms with Crippen LogP contribution in [0.15, 0.2) is 289 Å². The lowest BCUT2D eigenvalue weighted by Crippen LogP contribution is -2.36. The second kappa shape index (κ2) is 17.3. The molecule has 0 N–H and O–H groups in total. The lowest BCUT2D eigenvalue weighted by Gasteiger charge is -2.40. The highest BCUT2D eigenvalue weighted by molar-refractivity contribution is 6.11. The summed E-state index contributed by atoms with van der Waals surface area (Å²) in [6.45, 7) is 0. The first kappa shape index (κ1) is 43.0. The number of para-hydroxylation sites is 4. The third-order valence-electron chi connectivity index (χ3n) is 16.0. The molecule has 3 aliphatic rings. The average molecular weight is 961 g/mol. The predicted octanol–water partition coefficient (Wildman–Crippen LogP) is 19.0. The Morgan fingerprint density at radius 3 is 1.80 bits per heavy atom. The maximum Gasteiger partial charge on any atom is 0.143 e. The standard InChI is InChI=1S/C71H48N2O2/c1-5-21-49(22-6-1)71(50-23-7-2-8-24-50)62-34-15-13-29-57(62)58-43-42-54(45-63(58)71)72(53-40-38-47(39-41-53)56-31-18-32-60-59-30-14-16-36-65(59)75-70(56)60)55-44-48-20-17-33-61-68(48)67(46-55)74-66-37-19-35-64(69(61)66)73(51-25-9-3-10-26-51)52-27-11-4-12-28-52/h1-46,58,63H. The summed E-state index contributed by atoms with van der Waals surface area (Å²) in [4.78, 5) is 4.77. The van der Waals surface area contributed by atoms with Gasteiger partial charge in [-0.3, -0.25) is 0 Å². The Labute approximate surface area is 436 Å². The molecular weight excluding hydrogens is 913 g/mol. The van der Waals surface area contributed by atoms with Crippen LogP contribution in [0.5, 0.6) is 11.5 Å². The third kappa shape index (κ3) is 6.69. The van der Waals surface area contributed by atoms with E-state index in [9.17, 15) is 0 Å². The van der Waals surface area contributed by atoms with Crippen LogP contribution in [0.2, 0.25) is 0 Å². The van der Waals surface area contributed by atoms with E-state index in [4.69, 9.17) is 9.15 Å². The van der Waals surface area contributed by atoms with E-state index in [0.717, 1.165) is 101 Å². The van der Waals surface area contributed by atoms with Gasteiger partial charge in [-0.1, -0.05) is 206 Å². The molecule has 15 rings (SSSR count). The summed E-state index contributed by atoms with van der Waals surface area (Å²) in [5.74, 6) is 1.84. The Bertz CT molecular complexity index is 4140. The van der Waals surface area contributed by atoms with Crippen LogP contribution in [0.4, 0.5) is 28.4 Å². The largest absolute Gasteiger partial charge is 0.456 e. The number of nitrogens with zero attached hydrogens (tertiary/aromatic N) is 2. The smallest absolute Gasteiger partial charge is 0.143 e. The van der Waals surface area contributed by atoms with Crippen molar-refractivity contribution in [3.05, 3.63) is 307 Å². The fourth-order valence-corrected chi connectivity index (χ4v) is 12.9. The van der Waals surface area contributed by atoms with Gasteiger partial charge in [-0.15, -0.1) is 0 Å². The van der Waals surface area contributed by atoms with Gasteiger partial charge in [0.05, 0.1) is 16.8 Å². The number of hydrogen-bond donors (Lipinski definition) is 0. The fourth-order valence-electron chi connectivity index (χ4n) is 12.9. The van der Waals surface area contributed by atoms with Crippen molar-refractivity contribution in [1.82, 2.24) is 0 Å². The number of furan rings is 1. The van der Waals surface area contributed by atoms with Crippen molar-refractivity contribution in [2.24, 2.45) is 5.92 Å². The highest BCUT2D eigenvalue weighted by atomic mass is 16.5. The molecule has 0 fully saturated rings. The van der Waals surface area contributed by atoms with Crippen molar-refractivity contribution >= 4 is 61.1 Å². The number of allylic oxidation sites excluding steroid dienone is 3. The normalized spacial score (nSPS) is 15.7. The highest BCUT2D eigenvalue weighted by Crippen LogP contribution is 2.61. The zero-order chi connectivity index (χ0) is 49.5. The summed E-state index contributed by atoms with van der Waals surface area (Å²) in [6.07, 6.45) is 7.37. The van der Waals surface area contributed by atoms with Crippen LogP contribution < -0.4 is 14.5 Å². The first-order chi connectivity index (χ1) is 37.2. The van der Waals surface area contributed by atoms with E-state index in [1.165, 1.54) is 22.3 Å². The topological polar surface area (TPSA) is 28.9 Å². The summed E-state index contributed by atoms with van der Waals surface area (Å²) in [6, 6.07) is 94.1. The highest BCUT2D eigenvalue weighted by Gasteiger charge is 2.53. The molecule has 4 nitrogen and oxygen atoms in total. The first-order valence-electron chi connectivity index (χ1n) is 25.9. The molecule has 4 heteroatoms. The van der Waals surface area contributed by atoms with Crippen LogP contribution in [0.1, 0.15) is 28.2 Å². The van der Waals surface area contributed by atoms with Crippen LogP contribution in [-0.2, 0) is 5.41 Å². The van der Waals surface area contributed by atoms with Gasteiger partial charge in [0.2, 0.25) is 0 Å². The van der Waals surface area contributed by atoms with Crippen LogP contribution >= 0.6 is 0 Å². The SMILES string of the molecule is C1=CC2c3ccccc3C(c3ccccc3)(c3ccccc3)C2C=C1N(c1ccc(-c2cccc3c2oc2ccccc23)cc1)c1cc2c3c(cccc3c1)-c1c(cccc1N(c1ccccc1)c1ccccc1)O2. The monoisotopic (exact) mass is 960 g/mol. The molecule has 2 aliphatic carbocycles. The molecule has 2 atom stereocenters. The fraction of sp³-hybridized carbons (Fsp3) is 0.0423. The summed E-state index contributed by atoms with van der Waals surface area (Å²) in [5, 5.41) is 4.42. The second-order valence-electron chi connectivity index (χ2n) is 19.9. The first-order valence-corrected chi connectivity index (χ1v) is 25.9. The summed E-state index contributed by atoms with van der Waals surface area (Å²) in [5.41, 5.74) is 17.3. The molecule has 1 aliphatic heterocycles. The molecule has 0 radical (unpaired) electrons. The number of benzene rings is 11. The van der Waals surface area contributed by atoms with Crippen molar-refractivity contribution in [2.45, 2.75) is 11.3 Å². The minimum atomic E-state index is -0.456. The molecule has 12 aromatic rings. The number of hydrogen-bond acceptors (Lipinski definition) is 4. The van der Waals surface area contributed by atoms with Crippen molar-refractivity contribution < 1.29 is 9.15 Å². The van der Waals surface area contributed by atoms with Gasteiger partial charge in [0.25, 0.3) is 0 Å². The zero-order valence-corrected chi connectivity index (χ0v) is 40.9. The molecule has 354 valence electrons. The van der Waals surface area contributed by atoms with Crippen molar-refractivity contribution in [3.63, 3.8) is 0 Å². The molecule has 0 bridgehead atoms. The predicted molar refractivity (Wildman–Crippen MR) is 308 cm³/mol. The third-order valence-corrected chi connectivity index (χ3v) is 16.0. The molecule has 11 aromatic carbocycles. The zero-order valence-electron chi connectivity index (χ0n) is 40.9. The minimum Gasteiger partial charge on any atom is -0.456 e. The molecular formula is C71H48N2O2. The van der Waals surface area contributed by atoms with Gasteiger partial charge in [-0.25, -0.2) is 0 Å². The van der Waals surface area contributed by atoms with E-state index in [2.05, 4.69) is 277 Å². The Morgan fingerprint density at radius 1 is 0.440 bits per heavy atom. The molecule has 2 heterocycles. The van der Waals surface area contributed by atoms with E-state index in [0.29, 0.717) is 0 Å². The number of fused-ring (bicyclic) bond motifs is 8. The number of ether oxygens (including phenoxy) is 1. The number of anilines is 5. The summed E-state index contributed by atoms with van der Waals surface area (Å²) >= 11 is 0. The molecule has 0 spiro atoms. The van der Waals surface area contributed by atoms with Crippen molar-refractivity contribution in [3.8, 4) is 33.8 Å². The Hall–Kier alpha value is -9.64. The van der Waals surface area contributed by atoms with Crippen LogP contribution in [0.25, 0.3) is 55.0 Å². The van der Waals surface area contributed by atoms with Crippen LogP contribution in [-0.4, -0.2) is 0 Å². The minimum absolute atomic E-state index is 0.0521. The van der Waals surface area contributed by atoms with Crippen molar-refractivity contribution in [2.75, 3.05) is 9.80 Å². The van der Waals surface area contributed by atoms with Crippen LogP contribution in [0, 0.1) is 5.92 Å². The van der Waals surface area contributed by atoms with Crippen LogP contribution in [0.3, 0.4) is 0 Å². The van der Waals surface area contributed by atoms with Gasteiger partial charge in [-0.05, 0) is 106 Å². The van der Waals surface area contributed by atoms with Gasteiger partial charge < -0.3 is 19.0 Å². The van der Waals surface area contributed by atoms with E-state index in [-0.39, 0.29) is 11.8 Å². The molecule has 0 amide bonds. The Kier molecular flexibility index (Phi) is 9.89. The molecule has 75 heavy (non-hydrogen) atoms. The summed E-state index contributed by atoms with van der Waals surface area (Å²) in [7, 11) is 0. The van der Waals surface area contributed by atoms with E-state index >= 15 is 0 Å². The maximum absolute atomic E-state index is 7.23. The average Bonchev–Trinajstić information content (AvgIpc) is 4.16. The van der Waals surface area contributed by atoms with Crippen molar-refractivity contribution in [1.29, 1.82) is 0 Å². The van der Waals surface area contributed by atoms with Gasteiger partial charge in [0.1, 0.15) is 22.7 Å². The van der Waals surface area contributed by atoms with E-state index < -0.39 is 5.41 Å². The maximum atomic E-state index is 7.23. The Morgan fingerprint density at radius 2 is 1.05 bits per heavy atom. The molecule has 0 saturated heterocycles. The van der Waals surface area contributed by atoms with Gasteiger partial charge in [0.15, 0.2) is 0 Å². The number of rotatable bonds is 9. The van der Waals surface area contributed by atoms with E-state index in [1.807, 2.05) is 12.1 Å². The molecule has 0 saturated carbocycles. The van der Waals surface area contributed by atoms with Gasteiger partial charge in [0, 0.05) is 67.9 Å². The van der Waals surface area contributed by atoms with Gasteiger partial charge in [-0.2, -0.15) is 0 Å². The van der Waals surface area contributed by atoms with E-state index in [1.54, 1.807) is 0 Å². The lowest BCUT2D eigenvalue weighted by molar-refractivity contribution is 0.453. The molecule has 2 unspecified atom stereocenters. The second-order valence-corrected chi connectivity index (χ2v) is 19.9. The summed E-state index contributed by atoms with van der Waals surface area (Å²) < 4.78 is 13.8. The quantitative estimate of drug-likeness (QED) is 0.144.